The average molecular weight is 361 g/mol. The molecular formula is C16H18F3NO5. The summed E-state index contributed by atoms with van der Waals surface area (Å²) >= 11 is 0. The zero-order valence-corrected chi connectivity index (χ0v) is 13.4. The van der Waals surface area contributed by atoms with Crippen LogP contribution in [0.4, 0.5) is 13.2 Å². The predicted octanol–water partition coefficient (Wildman–Crippen LogP) is 2.16. The molecule has 0 aromatic heterocycles. The summed E-state index contributed by atoms with van der Waals surface area (Å²) in [6.45, 7) is 1.77. The average Bonchev–Trinajstić information content (AvgIpc) is 2.52. The van der Waals surface area contributed by atoms with Gasteiger partial charge in [0.1, 0.15) is 6.04 Å². The molecule has 138 valence electrons. The molecule has 1 rings (SSSR count). The number of nitrogens with one attached hydrogen (secondary N) is 1. The monoisotopic (exact) mass is 361 g/mol. The van der Waals surface area contributed by atoms with Gasteiger partial charge in [-0.05, 0) is 18.6 Å². The van der Waals surface area contributed by atoms with Gasteiger partial charge in [0.2, 0.25) is 5.91 Å². The molecule has 1 atom stereocenters. The van der Waals surface area contributed by atoms with E-state index in [1.54, 1.807) is 6.92 Å². The Morgan fingerprint density at radius 3 is 2.48 bits per heavy atom. The van der Waals surface area contributed by atoms with Crippen LogP contribution >= 0.6 is 0 Å². The van der Waals surface area contributed by atoms with E-state index in [1.165, 1.54) is 12.1 Å². The maximum atomic E-state index is 12.7. The van der Waals surface area contributed by atoms with Gasteiger partial charge in [0.05, 0.1) is 18.6 Å². The Kier molecular flexibility index (Phi) is 7.41. The van der Waals surface area contributed by atoms with Crippen LogP contribution in [0.5, 0.6) is 0 Å². The molecule has 1 amide bonds. The van der Waals surface area contributed by atoms with Crippen LogP contribution in [-0.2, 0) is 31.7 Å². The van der Waals surface area contributed by atoms with Gasteiger partial charge >= 0.3 is 18.1 Å². The minimum atomic E-state index is -4.54. The fourth-order valence-corrected chi connectivity index (χ4v) is 2.03. The number of alkyl halides is 3. The second kappa shape index (κ2) is 9.05. The summed E-state index contributed by atoms with van der Waals surface area (Å²) < 4.78 is 42.7. The molecule has 6 nitrogen and oxygen atoms in total. The first-order chi connectivity index (χ1) is 11.6. The van der Waals surface area contributed by atoms with Gasteiger partial charge < -0.3 is 15.2 Å². The minimum Gasteiger partial charge on any atom is -0.480 e. The van der Waals surface area contributed by atoms with E-state index in [2.05, 4.69) is 10.1 Å². The molecule has 0 saturated heterocycles. The highest BCUT2D eigenvalue weighted by Gasteiger charge is 2.31. The number of aliphatic carboxylic acids is 1. The lowest BCUT2D eigenvalue weighted by Crippen LogP contribution is -2.42. The molecule has 0 heterocycles. The Balaban J connectivity index is 2.70. The number of esters is 1. The number of amides is 1. The maximum Gasteiger partial charge on any atom is 0.416 e. The summed E-state index contributed by atoms with van der Waals surface area (Å²) in [6, 6.07) is 2.81. The molecule has 0 aliphatic carbocycles. The third-order valence-corrected chi connectivity index (χ3v) is 3.19. The second-order valence-corrected chi connectivity index (χ2v) is 5.17. The first-order valence-corrected chi connectivity index (χ1v) is 7.47. The molecule has 0 aliphatic heterocycles. The van der Waals surface area contributed by atoms with Gasteiger partial charge in [-0.1, -0.05) is 18.2 Å². The van der Waals surface area contributed by atoms with Crippen molar-refractivity contribution < 1.29 is 37.4 Å². The van der Waals surface area contributed by atoms with Gasteiger partial charge in [0.15, 0.2) is 0 Å². The Morgan fingerprint density at radius 1 is 1.24 bits per heavy atom. The van der Waals surface area contributed by atoms with E-state index in [0.717, 1.165) is 12.1 Å². The van der Waals surface area contributed by atoms with Crippen molar-refractivity contribution in [2.75, 3.05) is 6.61 Å². The van der Waals surface area contributed by atoms with Crippen LogP contribution in [0.2, 0.25) is 0 Å². The number of carbonyl (C=O) groups excluding carboxylic acids is 2. The molecule has 0 spiro atoms. The van der Waals surface area contributed by atoms with Crippen molar-refractivity contribution in [1.82, 2.24) is 5.32 Å². The van der Waals surface area contributed by atoms with E-state index in [9.17, 15) is 27.6 Å². The van der Waals surface area contributed by atoms with Crippen molar-refractivity contribution >= 4 is 17.8 Å². The highest BCUT2D eigenvalue weighted by molar-refractivity contribution is 5.85. The highest BCUT2D eigenvalue weighted by Crippen LogP contribution is 2.29. The van der Waals surface area contributed by atoms with E-state index in [1.807, 2.05) is 0 Å². The molecule has 0 saturated carbocycles. The number of hydrogen-bond donors (Lipinski definition) is 2. The number of hydrogen-bond acceptors (Lipinski definition) is 4. The summed E-state index contributed by atoms with van der Waals surface area (Å²) in [5.41, 5.74) is -0.782. The summed E-state index contributed by atoms with van der Waals surface area (Å²) in [5, 5.41) is 11.3. The van der Waals surface area contributed by atoms with Gasteiger partial charge in [-0.25, -0.2) is 4.79 Å². The Morgan fingerprint density at radius 2 is 1.92 bits per heavy atom. The molecule has 2 N–H and O–H groups in total. The van der Waals surface area contributed by atoms with Gasteiger partial charge in [-0.3, -0.25) is 9.59 Å². The zero-order chi connectivity index (χ0) is 19.0. The molecule has 0 aliphatic rings. The lowest BCUT2D eigenvalue weighted by molar-refractivity contribution is -0.145. The van der Waals surface area contributed by atoms with Gasteiger partial charge in [-0.2, -0.15) is 13.2 Å². The van der Waals surface area contributed by atoms with Crippen molar-refractivity contribution in [3.8, 4) is 0 Å². The van der Waals surface area contributed by atoms with E-state index < -0.39 is 35.6 Å². The number of benzene rings is 1. The van der Waals surface area contributed by atoms with Crippen LogP contribution in [0.15, 0.2) is 24.3 Å². The first-order valence-electron chi connectivity index (χ1n) is 7.47. The maximum absolute atomic E-state index is 12.7. The molecule has 1 aromatic rings. The second-order valence-electron chi connectivity index (χ2n) is 5.17. The van der Waals surface area contributed by atoms with Crippen LogP contribution in [0.25, 0.3) is 0 Å². The van der Waals surface area contributed by atoms with Crippen molar-refractivity contribution in [3.63, 3.8) is 0 Å². The van der Waals surface area contributed by atoms with E-state index >= 15 is 0 Å². The van der Waals surface area contributed by atoms with Crippen molar-refractivity contribution in [2.24, 2.45) is 0 Å². The Hall–Kier alpha value is -2.58. The van der Waals surface area contributed by atoms with Crippen molar-refractivity contribution in [3.05, 3.63) is 35.4 Å². The summed E-state index contributed by atoms with van der Waals surface area (Å²) in [6.07, 6.45) is -5.34. The lowest BCUT2D eigenvalue weighted by atomic mass is 10.0. The third-order valence-electron chi connectivity index (χ3n) is 3.19. The fourth-order valence-electron chi connectivity index (χ4n) is 2.03. The van der Waals surface area contributed by atoms with Crippen LogP contribution in [-0.4, -0.2) is 35.6 Å². The van der Waals surface area contributed by atoms with Crippen LogP contribution < -0.4 is 5.32 Å². The largest absolute Gasteiger partial charge is 0.480 e. The molecule has 9 heteroatoms. The number of carboxylic acid groups (broad SMARTS) is 1. The summed E-state index contributed by atoms with van der Waals surface area (Å²) in [7, 11) is 0. The summed E-state index contributed by atoms with van der Waals surface area (Å²) in [5.74, 6) is -2.68. The first kappa shape index (κ1) is 20.5. The molecule has 0 radical (unpaired) electrons. The Bertz CT molecular complexity index is 630. The van der Waals surface area contributed by atoms with Crippen molar-refractivity contribution in [2.45, 2.75) is 38.4 Å². The van der Waals surface area contributed by atoms with E-state index in [-0.39, 0.29) is 31.4 Å². The minimum absolute atomic E-state index is 0.118. The van der Waals surface area contributed by atoms with Gasteiger partial charge in [-0.15, -0.1) is 0 Å². The normalized spacial score (nSPS) is 12.3. The number of halogens is 3. The molecule has 25 heavy (non-hydrogen) atoms. The fraction of sp³-hybridized carbons (Fsp3) is 0.438. The number of carbonyl (C=O) groups is 3. The number of ether oxygens (including phenoxy) is 1. The predicted molar refractivity (Wildman–Crippen MR) is 80.6 cm³/mol. The zero-order valence-electron chi connectivity index (χ0n) is 13.4. The van der Waals surface area contributed by atoms with Gasteiger partial charge in [0.25, 0.3) is 0 Å². The molecule has 0 fully saturated rings. The van der Waals surface area contributed by atoms with Crippen LogP contribution in [0, 0.1) is 0 Å². The van der Waals surface area contributed by atoms with E-state index in [4.69, 9.17) is 5.11 Å². The third kappa shape index (κ3) is 7.23. The van der Waals surface area contributed by atoms with Gasteiger partial charge in [0, 0.05) is 12.8 Å². The lowest BCUT2D eigenvalue weighted by Gasteiger charge is -2.15. The number of carboxylic acids is 1. The Labute approximate surface area is 142 Å². The van der Waals surface area contributed by atoms with E-state index in [0.29, 0.717) is 0 Å². The van der Waals surface area contributed by atoms with Crippen LogP contribution in [0.1, 0.15) is 30.9 Å². The quantitative estimate of drug-likeness (QED) is 0.692. The van der Waals surface area contributed by atoms with Crippen molar-refractivity contribution in [1.29, 1.82) is 0 Å². The molecular weight excluding hydrogens is 343 g/mol. The molecule has 0 bridgehead atoms. The number of rotatable bonds is 8. The molecule has 0 unspecified atom stereocenters. The standard InChI is InChI=1S/C16H18F3NO5/c1-2-25-14(22)7-6-13(21)20-12(15(23)24)9-10-4-3-5-11(8-10)16(17,18)19/h3-5,8,12H,2,6-7,9H2,1H3,(H,20,21)(H,23,24)/t12-/m1/s1. The van der Waals surface area contributed by atoms with Crippen LogP contribution in [0.3, 0.4) is 0 Å². The smallest absolute Gasteiger partial charge is 0.416 e. The molecule has 1 aromatic carbocycles. The highest BCUT2D eigenvalue weighted by atomic mass is 19.4. The SMILES string of the molecule is CCOC(=O)CCC(=O)N[C@H](Cc1cccc(C(F)(F)F)c1)C(=O)O. The topological polar surface area (TPSA) is 92.7 Å². The summed E-state index contributed by atoms with van der Waals surface area (Å²) in [4.78, 5) is 34.1.